The average Bonchev–Trinajstić information content (AvgIpc) is 3.08. The van der Waals surface area contributed by atoms with Crippen LogP contribution in [0.4, 0.5) is 0 Å². The highest BCUT2D eigenvalue weighted by Gasteiger charge is 2.58. The van der Waals surface area contributed by atoms with Gasteiger partial charge in [0.2, 0.25) is 0 Å². The molecule has 0 amide bonds. The molecule has 4 N–H and O–H groups in total. The lowest BCUT2D eigenvalue weighted by molar-refractivity contribution is -0.194. The number of aliphatic carboxylic acids is 2. The van der Waals surface area contributed by atoms with E-state index >= 15 is 0 Å². The van der Waals surface area contributed by atoms with Crippen LogP contribution >= 0.6 is 11.6 Å². The first-order valence-electron chi connectivity index (χ1n) is 8.86. The summed E-state index contributed by atoms with van der Waals surface area (Å²) in [5.41, 5.74) is 1.27. The lowest BCUT2D eigenvalue weighted by atomic mass is 10.0. The van der Waals surface area contributed by atoms with Crippen molar-refractivity contribution in [2.75, 3.05) is 6.54 Å². The van der Waals surface area contributed by atoms with Gasteiger partial charge in [-0.05, 0) is 42.7 Å². The maximum Gasteiger partial charge on any atom is 0.453 e. The molecule has 2 aromatic rings. The molecule has 1 aliphatic heterocycles. The Morgan fingerprint density at radius 2 is 1.83 bits per heavy atom. The van der Waals surface area contributed by atoms with Crippen LogP contribution in [0.3, 0.4) is 0 Å². The van der Waals surface area contributed by atoms with Crippen molar-refractivity contribution in [2.24, 2.45) is 0 Å². The minimum Gasteiger partial charge on any atom is -0.475 e. The van der Waals surface area contributed by atoms with E-state index in [1.165, 1.54) is 6.07 Å². The molecule has 0 bridgehead atoms. The third-order valence-electron chi connectivity index (χ3n) is 4.54. The van der Waals surface area contributed by atoms with Crippen molar-refractivity contribution in [3.63, 3.8) is 0 Å². The first-order chi connectivity index (χ1) is 13.7. The van der Waals surface area contributed by atoms with Crippen molar-refractivity contribution in [1.29, 1.82) is 0 Å². The first kappa shape index (κ1) is 20.9. The van der Waals surface area contributed by atoms with Crippen LogP contribution in [0.15, 0.2) is 42.5 Å². The van der Waals surface area contributed by atoms with E-state index in [0.29, 0.717) is 22.6 Å². The van der Waals surface area contributed by atoms with Gasteiger partial charge in [0.1, 0.15) is 0 Å². The zero-order valence-corrected chi connectivity index (χ0v) is 16.2. The Morgan fingerprint density at radius 3 is 2.48 bits per heavy atom. The Kier molecular flexibility index (Phi) is 5.97. The van der Waals surface area contributed by atoms with E-state index in [4.69, 9.17) is 21.1 Å². The van der Waals surface area contributed by atoms with Gasteiger partial charge in [0.25, 0.3) is 0 Å². The van der Waals surface area contributed by atoms with Crippen LogP contribution in [-0.2, 0) is 16.0 Å². The van der Waals surface area contributed by atoms with E-state index in [9.17, 15) is 24.9 Å². The van der Waals surface area contributed by atoms with E-state index in [2.05, 4.69) is 5.32 Å². The second-order valence-corrected chi connectivity index (χ2v) is 7.20. The number of benzene rings is 2. The summed E-state index contributed by atoms with van der Waals surface area (Å²) < 4.78 is 10.4. The number of hydrogen-bond acceptors (Lipinski definition) is 6. The zero-order chi connectivity index (χ0) is 21.2. The first-order valence-corrected chi connectivity index (χ1v) is 9.24. The van der Waals surface area contributed by atoms with Gasteiger partial charge in [0, 0.05) is 17.6 Å². The second kappa shape index (κ2) is 8.28. The van der Waals surface area contributed by atoms with Crippen LogP contribution in [0.25, 0.3) is 0 Å². The molecular weight excluding hydrogens is 402 g/mol. The predicted molar refractivity (Wildman–Crippen MR) is 103 cm³/mol. The van der Waals surface area contributed by atoms with E-state index in [1.807, 2.05) is 6.92 Å². The fourth-order valence-corrected chi connectivity index (χ4v) is 3.25. The number of carbonyl (C=O) groups is 2. The molecule has 0 radical (unpaired) electrons. The molecular formula is C20H20ClNO7. The molecule has 0 aliphatic carbocycles. The van der Waals surface area contributed by atoms with Crippen molar-refractivity contribution < 1.29 is 34.4 Å². The summed E-state index contributed by atoms with van der Waals surface area (Å²) in [6.07, 6.45) is -0.367. The Bertz CT molecular complexity index is 919. The summed E-state index contributed by atoms with van der Waals surface area (Å²) in [6.45, 7) is 2.14. The van der Waals surface area contributed by atoms with Gasteiger partial charge in [0.05, 0.1) is 6.10 Å². The summed E-state index contributed by atoms with van der Waals surface area (Å²) >= 11 is 5.94. The minimum absolute atomic E-state index is 0.0541. The number of para-hydroxylation sites is 1. The molecule has 2 aromatic carbocycles. The van der Waals surface area contributed by atoms with Crippen molar-refractivity contribution in [1.82, 2.24) is 5.32 Å². The fourth-order valence-electron chi connectivity index (χ4n) is 3.05. The average molecular weight is 422 g/mol. The van der Waals surface area contributed by atoms with Crippen LogP contribution < -0.4 is 14.8 Å². The van der Waals surface area contributed by atoms with Gasteiger partial charge in [-0.2, -0.15) is 0 Å². The predicted octanol–water partition coefficient (Wildman–Crippen LogP) is 2.23. The Labute approximate surface area is 171 Å². The van der Waals surface area contributed by atoms with Gasteiger partial charge in [-0.3, -0.25) is 0 Å². The number of carboxylic acid groups (broad SMARTS) is 2. The van der Waals surface area contributed by atoms with Gasteiger partial charge in [-0.15, -0.1) is 0 Å². The molecule has 9 heteroatoms. The van der Waals surface area contributed by atoms with Crippen LogP contribution in [0.1, 0.15) is 24.2 Å². The van der Waals surface area contributed by atoms with Crippen molar-refractivity contribution in [3.8, 4) is 11.5 Å². The van der Waals surface area contributed by atoms with Crippen molar-refractivity contribution in [3.05, 3.63) is 58.6 Å². The largest absolute Gasteiger partial charge is 0.475 e. The highest BCUT2D eigenvalue weighted by molar-refractivity contribution is 6.30. The van der Waals surface area contributed by atoms with Gasteiger partial charge < -0.3 is 30.1 Å². The highest BCUT2D eigenvalue weighted by Crippen LogP contribution is 2.42. The second-order valence-electron chi connectivity index (χ2n) is 6.76. The normalized spacial score (nSPS) is 16.2. The topological polar surface area (TPSA) is 125 Å². The Hall–Kier alpha value is -2.81. The Balaban J connectivity index is 1.67. The molecule has 1 unspecified atom stereocenters. The smallest absolute Gasteiger partial charge is 0.453 e. The number of ether oxygens (including phenoxy) is 2. The number of carboxylic acids is 2. The monoisotopic (exact) mass is 421 g/mol. The minimum atomic E-state index is -2.79. The molecule has 29 heavy (non-hydrogen) atoms. The number of nitrogens with one attached hydrogen (secondary N) is 1. The van der Waals surface area contributed by atoms with Crippen LogP contribution in [0.2, 0.25) is 5.02 Å². The van der Waals surface area contributed by atoms with Crippen molar-refractivity contribution in [2.45, 2.75) is 31.3 Å². The number of rotatable bonds is 8. The van der Waals surface area contributed by atoms with E-state index in [-0.39, 0.29) is 24.1 Å². The van der Waals surface area contributed by atoms with E-state index in [0.717, 1.165) is 0 Å². The number of fused-ring (bicyclic) bond motifs is 1. The summed E-state index contributed by atoms with van der Waals surface area (Å²) in [6, 6.07) is 11.6. The molecule has 8 nitrogen and oxygen atoms in total. The molecule has 2 atom stereocenters. The van der Waals surface area contributed by atoms with Gasteiger partial charge in [-0.25, -0.2) is 9.59 Å². The molecule has 3 rings (SSSR count). The third kappa shape index (κ3) is 4.29. The number of aliphatic hydroxyl groups excluding tert-OH is 1. The maximum atomic E-state index is 11.4. The summed E-state index contributed by atoms with van der Waals surface area (Å²) in [5, 5.41) is 32.6. The number of aliphatic hydroxyl groups is 1. The molecule has 154 valence electrons. The zero-order valence-electron chi connectivity index (χ0n) is 15.5. The standard InChI is InChI=1S/C20H20ClNO7/c1-11(22-10-15(23)12-4-2-6-14(21)9-12)8-13-5-3-7-16-17(13)29-20(28-16,18(24)25)19(26)27/h2-7,9,11,15,22-23H,8,10H2,1H3,(H,24,25)(H,26,27)/t11?,15-/m1/s1. The summed E-state index contributed by atoms with van der Waals surface area (Å²) in [5.74, 6) is -6.15. The van der Waals surface area contributed by atoms with Gasteiger partial charge in [0.15, 0.2) is 11.5 Å². The maximum absolute atomic E-state index is 11.4. The lowest BCUT2D eigenvalue weighted by Crippen LogP contribution is -2.54. The highest BCUT2D eigenvalue weighted by atomic mass is 35.5. The number of halogens is 1. The van der Waals surface area contributed by atoms with Crippen LogP contribution in [0, 0.1) is 0 Å². The fraction of sp³-hybridized carbons (Fsp3) is 0.300. The van der Waals surface area contributed by atoms with E-state index < -0.39 is 23.8 Å². The number of hydrogen-bond donors (Lipinski definition) is 4. The van der Waals surface area contributed by atoms with Gasteiger partial charge in [-0.1, -0.05) is 35.9 Å². The summed E-state index contributed by atoms with van der Waals surface area (Å²) in [7, 11) is 0. The molecule has 0 saturated carbocycles. The van der Waals surface area contributed by atoms with Crippen molar-refractivity contribution >= 4 is 23.5 Å². The molecule has 1 heterocycles. The van der Waals surface area contributed by atoms with E-state index in [1.54, 1.807) is 36.4 Å². The van der Waals surface area contributed by atoms with Crippen LogP contribution in [0.5, 0.6) is 11.5 Å². The third-order valence-corrected chi connectivity index (χ3v) is 4.78. The quantitative estimate of drug-likeness (QED) is 0.478. The molecule has 0 saturated heterocycles. The molecule has 0 fully saturated rings. The van der Waals surface area contributed by atoms with Gasteiger partial charge >= 0.3 is 17.7 Å². The SMILES string of the molecule is CC(Cc1cccc2c1OC(C(=O)O)(C(=O)O)O2)NC[C@@H](O)c1cccc(Cl)c1. The Morgan fingerprint density at radius 1 is 1.14 bits per heavy atom. The molecule has 0 aromatic heterocycles. The molecule has 1 aliphatic rings. The lowest BCUT2D eigenvalue weighted by Gasteiger charge is -2.19. The summed E-state index contributed by atoms with van der Waals surface area (Å²) in [4.78, 5) is 22.8. The van der Waals surface area contributed by atoms with Crippen LogP contribution in [-0.4, -0.2) is 45.6 Å². The molecule has 0 spiro atoms.